The van der Waals surface area contributed by atoms with Gasteiger partial charge in [0.1, 0.15) is 22.9 Å². The van der Waals surface area contributed by atoms with Crippen LogP contribution in [0.3, 0.4) is 0 Å². The van der Waals surface area contributed by atoms with Crippen LogP contribution in [-0.4, -0.2) is 10.2 Å². The molecule has 0 aliphatic carbocycles. The monoisotopic (exact) mass is 316 g/mol. The highest BCUT2D eigenvalue weighted by Crippen LogP contribution is 2.25. The third-order valence-corrected chi connectivity index (χ3v) is 4.35. The van der Waals surface area contributed by atoms with Crippen LogP contribution in [-0.2, 0) is 13.0 Å². The van der Waals surface area contributed by atoms with Gasteiger partial charge in [-0.15, -0.1) is 10.2 Å². The zero-order valence-electron chi connectivity index (χ0n) is 12.7. The summed E-state index contributed by atoms with van der Waals surface area (Å²) < 4.78 is 11.1. The topological polar surface area (TPSA) is 65.2 Å². The summed E-state index contributed by atoms with van der Waals surface area (Å²) in [6.07, 6.45) is 0.665. The van der Waals surface area contributed by atoms with E-state index in [4.69, 9.17) is 9.15 Å². The van der Waals surface area contributed by atoms with Crippen LogP contribution >= 0.6 is 11.3 Å². The zero-order valence-corrected chi connectivity index (χ0v) is 13.5. The molecule has 3 rings (SSSR count). The molecule has 2 aromatic heterocycles. The fourth-order valence-corrected chi connectivity index (χ4v) is 3.04. The quantitative estimate of drug-likeness (QED) is 0.690. The van der Waals surface area contributed by atoms with Crippen molar-refractivity contribution in [2.45, 2.75) is 33.8 Å². The summed E-state index contributed by atoms with van der Waals surface area (Å²) in [7, 11) is 0. The Hall–Kier alpha value is -2.21. The molecule has 0 amide bonds. The number of aromatic nitrogens is 2. The van der Waals surface area contributed by atoms with Gasteiger partial charge in [-0.25, -0.2) is 4.79 Å². The second-order valence-corrected chi connectivity index (χ2v) is 6.27. The third kappa shape index (κ3) is 2.74. The number of benzene rings is 1. The minimum absolute atomic E-state index is 0.274. The Morgan fingerprint density at radius 1 is 1.27 bits per heavy atom. The summed E-state index contributed by atoms with van der Waals surface area (Å²) >= 11 is 1.50. The van der Waals surface area contributed by atoms with Crippen LogP contribution in [0, 0.1) is 13.8 Å². The Morgan fingerprint density at radius 2 is 2.09 bits per heavy atom. The second kappa shape index (κ2) is 5.88. The molecule has 2 heterocycles. The van der Waals surface area contributed by atoms with Crippen molar-refractivity contribution in [1.29, 1.82) is 0 Å². The van der Waals surface area contributed by atoms with E-state index in [0.717, 1.165) is 26.5 Å². The number of aryl methyl sites for hydroxylation is 2. The summed E-state index contributed by atoms with van der Waals surface area (Å²) in [5.74, 6) is 0.646. The standard InChI is InChI=1S/C16H16N2O3S/c1-4-12-9(2)13-6-5-11(7-14(13)21-16(12)19)20-8-15-18-17-10(3)22-15/h5-7H,4,8H2,1-3H3. The van der Waals surface area contributed by atoms with Crippen molar-refractivity contribution in [1.82, 2.24) is 10.2 Å². The fourth-order valence-electron chi connectivity index (χ4n) is 2.41. The van der Waals surface area contributed by atoms with E-state index in [0.29, 0.717) is 24.4 Å². The lowest BCUT2D eigenvalue weighted by Gasteiger charge is -2.08. The van der Waals surface area contributed by atoms with E-state index in [9.17, 15) is 4.79 Å². The predicted molar refractivity (Wildman–Crippen MR) is 85.6 cm³/mol. The smallest absolute Gasteiger partial charge is 0.339 e. The molecule has 1 aromatic carbocycles. The van der Waals surface area contributed by atoms with Gasteiger partial charge < -0.3 is 9.15 Å². The van der Waals surface area contributed by atoms with Gasteiger partial charge in [-0.2, -0.15) is 0 Å². The normalized spacial score (nSPS) is 11.0. The first-order chi connectivity index (χ1) is 10.6. The molecule has 0 spiro atoms. The molecular formula is C16H16N2O3S. The van der Waals surface area contributed by atoms with Crippen LogP contribution < -0.4 is 10.4 Å². The van der Waals surface area contributed by atoms with Crippen LogP contribution in [0.4, 0.5) is 0 Å². The number of nitrogens with zero attached hydrogens (tertiary/aromatic N) is 2. The lowest BCUT2D eigenvalue weighted by molar-refractivity contribution is 0.304. The maximum absolute atomic E-state index is 12.0. The first-order valence-corrected chi connectivity index (χ1v) is 7.88. The van der Waals surface area contributed by atoms with Gasteiger partial charge in [0.25, 0.3) is 0 Å². The Labute approximate surface area is 131 Å². The molecule has 0 saturated heterocycles. The Balaban J connectivity index is 1.91. The van der Waals surface area contributed by atoms with E-state index in [1.165, 1.54) is 11.3 Å². The highest BCUT2D eigenvalue weighted by Gasteiger charge is 2.11. The predicted octanol–water partition coefficient (Wildman–Crippen LogP) is 3.40. The number of fused-ring (bicyclic) bond motifs is 1. The van der Waals surface area contributed by atoms with Crippen molar-refractivity contribution in [3.63, 3.8) is 0 Å². The van der Waals surface area contributed by atoms with Crippen molar-refractivity contribution in [2.75, 3.05) is 0 Å². The maximum Gasteiger partial charge on any atom is 0.339 e. The van der Waals surface area contributed by atoms with Crippen molar-refractivity contribution >= 4 is 22.3 Å². The van der Waals surface area contributed by atoms with Gasteiger partial charge in [0.2, 0.25) is 0 Å². The number of hydrogen-bond donors (Lipinski definition) is 0. The van der Waals surface area contributed by atoms with Crippen LogP contribution in [0.1, 0.15) is 28.1 Å². The number of rotatable bonds is 4. The minimum atomic E-state index is -0.274. The van der Waals surface area contributed by atoms with Gasteiger partial charge in [0.15, 0.2) is 5.01 Å². The lowest BCUT2D eigenvalue weighted by atomic mass is 10.0. The molecule has 0 aliphatic heterocycles. The molecule has 22 heavy (non-hydrogen) atoms. The number of hydrogen-bond acceptors (Lipinski definition) is 6. The van der Waals surface area contributed by atoms with Gasteiger partial charge in [-0.1, -0.05) is 18.3 Å². The van der Waals surface area contributed by atoms with Crippen molar-refractivity contribution in [3.8, 4) is 5.75 Å². The Morgan fingerprint density at radius 3 is 2.77 bits per heavy atom. The largest absolute Gasteiger partial charge is 0.486 e. The summed E-state index contributed by atoms with van der Waals surface area (Å²) in [4.78, 5) is 12.0. The Bertz CT molecular complexity index is 883. The first kappa shape index (κ1) is 14.7. The van der Waals surface area contributed by atoms with Gasteiger partial charge in [-0.3, -0.25) is 0 Å². The molecule has 5 nitrogen and oxygen atoms in total. The molecular weight excluding hydrogens is 300 g/mol. The Kier molecular flexibility index (Phi) is 3.94. The van der Waals surface area contributed by atoms with E-state index < -0.39 is 0 Å². The second-order valence-electron chi connectivity index (χ2n) is 5.01. The average Bonchev–Trinajstić information content (AvgIpc) is 2.91. The fraction of sp³-hybridized carbons (Fsp3) is 0.312. The van der Waals surface area contributed by atoms with Crippen LogP contribution in [0.15, 0.2) is 27.4 Å². The summed E-state index contributed by atoms with van der Waals surface area (Å²) in [6.45, 7) is 6.16. The highest BCUT2D eigenvalue weighted by atomic mass is 32.1. The molecule has 0 atom stereocenters. The number of ether oxygens (including phenoxy) is 1. The van der Waals surface area contributed by atoms with Gasteiger partial charge in [-0.05, 0) is 38.0 Å². The molecule has 3 aromatic rings. The molecule has 0 N–H and O–H groups in total. The summed E-state index contributed by atoms with van der Waals surface area (Å²) in [6, 6.07) is 5.55. The molecule has 0 saturated carbocycles. The first-order valence-electron chi connectivity index (χ1n) is 7.06. The molecule has 114 valence electrons. The average molecular weight is 316 g/mol. The zero-order chi connectivity index (χ0) is 15.7. The van der Waals surface area contributed by atoms with Gasteiger partial charge >= 0.3 is 5.63 Å². The van der Waals surface area contributed by atoms with Gasteiger partial charge in [0.05, 0.1) is 0 Å². The highest BCUT2D eigenvalue weighted by molar-refractivity contribution is 7.11. The van der Waals surface area contributed by atoms with Crippen LogP contribution in [0.5, 0.6) is 5.75 Å². The molecule has 0 fully saturated rings. The maximum atomic E-state index is 12.0. The summed E-state index contributed by atoms with van der Waals surface area (Å²) in [5.41, 5.74) is 1.97. The molecule has 6 heteroatoms. The lowest BCUT2D eigenvalue weighted by Crippen LogP contribution is -2.09. The molecule has 0 unspecified atom stereocenters. The van der Waals surface area contributed by atoms with Crippen molar-refractivity contribution in [3.05, 3.63) is 49.8 Å². The van der Waals surface area contributed by atoms with Gasteiger partial charge in [0, 0.05) is 17.0 Å². The molecule has 0 bridgehead atoms. The third-order valence-electron chi connectivity index (χ3n) is 3.54. The van der Waals surface area contributed by atoms with Crippen LogP contribution in [0.25, 0.3) is 11.0 Å². The van der Waals surface area contributed by atoms with E-state index >= 15 is 0 Å². The summed E-state index contributed by atoms with van der Waals surface area (Å²) in [5, 5.41) is 10.6. The van der Waals surface area contributed by atoms with Crippen LogP contribution in [0.2, 0.25) is 0 Å². The van der Waals surface area contributed by atoms with Crippen molar-refractivity contribution < 1.29 is 9.15 Å². The van der Waals surface area contributed by atoms with E-state index in [2.05, 4.69) is 10.2 Å². The van der Waals surface area contributed by atoms with E-state index in [1.807, 2.05) is 32.9 Å². The van der Waals surface area contributed by atoms with Crippen molar-refractivity contribution in [2.24, 2.45) is 0 Å². The van der Waals surface area contributed by atoms with E-state index in [-0.39, 0.29) is 5.63 Å². The van der Waals surface area contributed by atoms with E-state index in [1.54, 1.807) is 6.07 Å². The molecule has 0 radical (unpaired) electrons. The SMILES string of the molecule is CCc1c(C)c2ccc(OCc3nnc(C)s3)cc2oc1=O. The molecule has 0 aliphatic rings. The minimum Gasteiger partial charge on any atom is -0.486 e.